The highest BCUT2D eigenvalue weighted by Gasteiger charge is 2.34. The standard InChI is InChI=1S/C13H19N3O5S/c1-22(19,20)15-5-4-14-13(18)10-7-12(17)16(8-10)9-11-3-2-6-21-11/h2-3,6,10,15H,4-5,7-9H2,1H3,(H,14,18). The maximum absolute atomic E-state index is 12.0. The number of likely N-dealkylation sites (tertiary alicyclic amines) is 1. The van der Waals surface area contributed by atoms with Gasteiger partial charge < -0.3 is 14.6 Å². The Labute approximate surface area is 128 Å². The van der Waals surface area contributed by atoms with Crippen LogP contribution in [-0.2, 0) is 26.2 Å². The monoisotopic (exact) mass is 329 g/mol. The molecular weight excluding hydrogens is 310 g/mol. The van der Waals surface area contributed by atoms with Crippen molar-refractivity contribution < 1.29 is 22.4 Å². The van der Waals surface area contributed by atoms with Crippen molar-refractivity contribution in [1.82, 2.24) is 14.9 Å². The van der Waals surface area contributed by atoms with Gasteiger partial charge in [-0.25, -0.2) is 13.1 Å². The highest BCUT2D eigenvalue weighted by molar-refractivity contribution is 7.88. The normalized spacial score (nSPS) is 18.7. The van der Waals surface area contributed by atoms with E-state index in [1.165, 1.54) is 6.26 Å². The van der Waals surface area contributed by atoms with Gasteiger partial charge in [0.25, 0.3) is 0 Å². The van der Waals surface area contributed by atoms with E-state index in [1.54, 1.807) is 17.0 Å². The van der Waals surface area contributed by atoms with Crippen molar-refractivity contribution >= 4 is 21.8 Å². The van der Waals surface area contributed by atoms with Gasteiger partial charge >= 0.3 is 0 Å². The predicted molar refractivity (Wildman–Crippen MR) is 78.1 cm³/mol. The van der Waals surface area contributed by atoms with Gasteiger partial charge in [-0.05, 0) is 12.1 Å². The second-order valence-electron chi connectivity index (χ2n) is 5.21. The molecule has 0 aromatic carbocycles. The molecule has 2 heterocycles. The topological polar surface area (TPSA) is 109 Å². The lowest BCUT2D eigenvalue weighted by Gasteiger charge is -2.15. The van der Waals surface area contributed by atoms with Crippen LogP contribution in [0, 0.1) is 5.92 Å². The lowest BCUT2D eigenvalue weighted by molar-refractivity contribution is -0.129. The molecule has 0 aliphatic carbocycles. The summed E-state index contributed by atoms with van der Waals surface area (Å²) in [5, 5.41) is 2.63. The molecule has 2 N–H and O–H groups in total. The van der Waals surface area contributed by atoms with Crippen molar-refractivity contribution in [1.29, 1.82) is 0 Å². The lowest BCUT2D eigenvalue weighted by atomic mass is 10.1. The largest absolute Gasteiger partial charge is 0.467 e. The molecule has 1 aromatic rings. The minimum atomic E-state index is -3.26. The zero-order valence-corrected chi connectivity index (χ0v) is 13.1. The number of carbonyl (C=O) groups is 2. The number of amides is 2. The Hall–Kier alpha value is -1.87. The fraction of sp³-hybridized carbons (Fsp3) is 0.538. The van der Waals surface area contributed by atoms with Crippen LogP contribution in [0.15, 0.2) is 22.8 Å². The highest BCUT2D eigenvalue weighted by Crippen LogP contribution is 2.20. The summed E-state index contributed by atoms with van der Waals surface area (Å²) < 4.78 is 29.2. The third kappa shape index (κ3) is 4.85. The minimum absolute atomic E-state index is 0.0918. The molecule has 0 bridgehead atoms. The van der Waals surface area contributed by atoms with Crippen LogP contribution in [0.4, 0.5) is 0 Å². The van der Waals surface area contributed by atoms with E-state index in [4.69, 9.17) is 4.42 Å². The summed E-state index contributed by atoms with van der Waals surface area (Å²) in [7, 11) is -3.26. The van der Waals surface area contributed by atoms with Gasteiger partial charge in [0.1, 0.15) is 5.76 Å². The lowest BCUT2D eigenvalue weighted by Crippen LogP contribution is -2.38. The first kappa shape index (κ1) is 16.5. The Morgan fingerprint density at radius 3 is 2.86 bits per heavy atom. The Morgan fingerprint density at radius 1 is 1.45 bits per heavy atom. The quantitative estimate of drug-likeness (QED) is 0.643. The van der Waals surface area contributed by atoms with Crippen LogP contribution in [0.2, 0.25) is 0 Å². The van der Waals surface area contributed by atoms with Crippen molar-refractivity contribution in [2.75, 3.05) is 25.9 Å². The third-order valence-electron chi connectivity index (χ3n) is 3.30. The number of hydrogen-bond acceptors (Lipinski definition) is 5. The second kappa shape index (κ2) is 6.93. The van der Waals surface area contributed by atoms with Crippen LogP contribution in [0.25, 0.3) is 0 Å². The van der Waals surface area contributed by atoms with Gasteiger partial charge in [-0.2, -0.15) is 0 Å². The van der Waals surface area contributed by atoms with Crippen molar-refractivity contribution in [3.8, 4) is 0 Å². The first-order valence-electron chi connectivity index (χ1n) is 6.87. The van der Waals surface area contributed by atoms with Crippen molar-refractivity contribution in [3.05, 3.63) is 24.2 Å². The molecule has 1 aromatic heterocycles. The smallest absolute Gasteiger partial charge is 0.225 e. The van der Waals surface area contributed by atoms with Crippen LogP contribution < -0.4 is 10.0 Å². The average molecular weight is 329 g/mol. The minimum Gasteiger partial charge on any atom is -0.467 e. The number of furan rings is 1. The Kier molecular flexibility index (Phi) is 5.19. The molecule has 0 saturated carbocycles. The molecule has 1 fully saturated rings. The molecule has 1 saturated heterocycles. The van der Waals surface area contributed by atoms with Gasteiger partial charge in [0.2, 0.25) is 21.8 Å². The van der Waals surface area contributed by atoms with Gasteiger partial charge in [0, 0.05) is 26.1 Å². The Balaban J connectivity index is 1.76. The summed E-state index contributed by atoms with van der Waals surface area (Å²) in [4.78, 5) is 25.4. The van der Waals surface area contributed by atoms with Crippen molar-refractivity contribution in [3.63, 3.8) is 0 Å². The fourth-order valence-corrected chi connectivity index (χ4v) is 2.73. The summed E-state index contributed by atoms with van der Waals surface area (Å²) >= 11 is 0. The van der Waals surface area contributed by atoms with Gasteiger partial charge in [-0.1, -0.05) is 0 Å². The van der Waals surface area contributed by atoms with Crippen LogP contribution in [0.3, 0.4) is 0 Å². The molecule has 0 radical (unpaired) electrons. The van der Waals surface area contributed by atoms with Crippen LogP contribution in [0.5, 0.6) is 0 Å². The first-order chi connectivity index (χ1) is 10.3. The van der Waals surface area contributed by atoms with E-state index in [0.29, 0.717) is 18.8 Å². The van der Waals surface area contributed by atoms with E-state index in [2.05, 4.69) is 10.0 Å². The van der Waals surface area contributed by atoms with Crippen LogP contribution in [0.1, 0.15) is 12.2 Å². The van der Waals surface area contributed by atoms with Gasteiger partial charge in [-0.3, -0.25) is 9.59 Å². The SMILES string of the molecule is CS(=O)(=O)NCCNC(=O)C1CC(=O)N(Cc2ccco2)C1. The molecule has 122 valence electrons. The molecule has 2 amide bonds. The van der Waals surface area contributed by atoms with E-state index < -0.39 is 15.9 Å². The molecule has 1 aliphatic rings. The van der Waals surface area contributed by atoms with E-state index in [9.17, 15) is 18.0 Å². The van der Waals surface area contributed by atoms with E-state index in [1.807, 2.05) is 0 Å². The van der Waals surface area contributed by atoms with E-state index >= 15 is 0 Å². The highest BCUT2D eigenvalue weighted by atomic mass is 32.2. The van der Waals surface area contributed by atoms with Crippen molar-refractivity contribution in [2.45, 2.75) is 13.0 Å². The number of rotatable bonds is 7. The van der Waals surface area contributed by atoms with Crippen LogP contribution >= 0.6 is 0 Å². The maximum Gasteiger partial charge on any atom is 0.225 e. The van der Waals surface area contributed by atoms with E-state index in [-0.39, 0.29) is 31.3 Å². The average Bonchev–Trinajstić information content (AvgIpc) is 3.05. The summed E-state index contributed by atoms with van der Waals surface area (Å²) in [5.41, 5.74) is 0. The molecule has 8 nitrogen and oxygen atoms in total. The summed E-state index contributed by atoms with van der Waals surface area (Å²) in [5.74, 6) is -0.0798. The molecular formula is C13H19N3O5S. The molecule has 22 heavy (non-hydrogen) atoms. The van der Waals surface area contributed by atoms with Gasteiger partial charge in [-0.15, -0.1) is 0 Å². The van der Waals surface area contributed by atoms with Gasteiger partial charge in [0.05, 0.1) is 25.0 Å². The summed E-state index contributed by atoms with van der Waals surface area (Å²) in [6, 6.07) is 3.52. The fourth-order valence-electron chi connectivity index (χ4n) is 2.26. The first-order valence-corrected chi connectivity index (χ1v) is 8.77. The molecule has 2 rings (SSSR count). The number of nitrogens with one attached hydrogen (secondary N) is 2. The second-order valence-corrected chi connectivity index (χ2v) is 7.05. The number of carbonyl (C=O) groups excluding carboxylic acids is 2. The summed E-state index contributed by atoms with van der Waals surface area (Å²) in [6.07, 6.45) is 2.75. The summed E-state index contributed by atoms with van der Waals surface area (Å²) in [6.45, 7) is 1.01. The number of hydrogen-bond donors (Lipinski definition) is 2. The van der Waals surface area contributed by atoms with Crippen molar-refractivity contribution in [2.24, 2.45) is 5.92 Å². The Morgan fingerprint density at radius 2 is 2.23 bits per heavy atom. The molecule has 1 atom stereocenters. The number of nitrogens with zero attached hydrogens (tertiary/aromatic N) is 1. The maximum atomic E-state index is 12.0. The molecule has 9 heteroatoms. The Bertz CT molecular complexity index is 626. The molecule has 0 spiro atoms. The zero-order chi connectivity index (χ0) is 16.2. The van der Waals surface area contributed by atoms with Crippen LogP contribution in [-0.4, -0.2) is 51.0 Å². The molecule has 1 unspecified atom stereocenters. The number of sulfonamides is 1. The van der Waals surface area contributed by atoms with E-state index in [0.717, 1.165) is 6.26 Å². The molecule has 1 aliphatic heterocycles. The van der Waals surface area contributed by atoms with Gasteiger partial charge in [0.15, 0.2) is 0 Å². The zero-order valence-electron chi connectivity index (χ0n) is 12.2. The predicted octanol–water partition coefficient (Wildman–Crippen LogP) is -0.706. The third-order valence-corrected chi connectivity index (χ3v) is 4.03.